The zero-order chi connectivity index (χ0) is 13.3. The summed E-state index contributed by atoms with van der Waals surface area (Å²) < 4.78 is 26.4. The minimum atomic E-state index is -3.63. The van der Waals surface area contributed by atoms with Crippen molar-refractivity contribution in [3.63, 3.8) is 0 Å². The van der Waals surface area contributed by atoms with Crippen LogP contribution in [0.15, 0.2) is 23.1 Å². The lowest BCUT2D eigenvalue weighted by molar-refractivity contribution is 0.310. The van der Waals surface area contributed by atoms with Crippen LogP contribution in [-0.4, -0.2) is 38.4 Å². The van der Waals surface area contributed by atoms with E-state index in [1.807, 2.05) is 6.92 Å². The molecule has 0 saturated carbocycles. The second-order valence-electron chi connectivity index (χ2n) is 4.27. The van der Waals surface area contributed by atoms with Crippen molar-refractivity contribution >= 4 is 33.2 Å². The van der Waals surface area contributed by atoms with Gasteiger partial charge in [0, 0.05) is 25.7 Å². The molecule has 1 heterocycles. The fourth-order valence-electron chi connectivity index (χ4n) is 1.97. The van der Waals surface area contributed by atoms with Crippen molar-refractivity contribution in [2.24, 2.45) is 0 Å². The summed E-state index contributed by atoms with van der Waals surface area (Å²) >= 11 is 11.9. The van der Waals surface area contributed by atoms with E-state index < -0.39 is 10.0 Å². The molecule has 1 aromatic carbocycles. The number of nitrogens with zero attached hydrogens (tertiary/aromatic N) is 1. The lowest BCUT2D eigenvalue weighted by Crippen LogP contribution is -2.51. The molecule has 0 spiro atoms. The standard InChI is InChI=1S/C11H14Cl2N2O2S/c1-8-7-15(6-5-14-8)18(16,17)11-9(12)3-2-4-10(11)13/h2-4,8,14H,5-7H2,1H3/t8-/m1/s1. The average molecular weight is 309 g/mol. The highest BCUT2D eigenvalue weighted by Crippen LogP contribution is 2.31. The van der Waals surface area contributed by atoms with Gasteiger partial charge in [-0.05, 0) is 19.1 Å². The lowest BCUT2D eigenvalue weighted by atomic mass is 10.3. The second-order valence-corrected chi connectivity index (χ2v) is 6.96. The molecule has 4 nitrogen and oxygen atoms in total. The van der Waals surface area contributed by atoms with E-state index in [1.54, 1.807) is 6.07 Å². The third-order valence-corrected chi connectivity index (χ3v) is 5.67. The van der Waals surface area contributed by atoms with Crippen LogP contribution in [0, 0.1) is 0 Å². The van der Waals surface area contributed by atoms with Crippen LogP contribution in [0.2, 0.25) is 10.0 Å². The number of hydrogen-bond acceptors (Lipinski definition) is 3. The molecule has 0 radical (unpaired) electrons. The number of benzene rings is 1. The highest BCUT2D eigenvalue weighted by Gasteiger charge is 2.31. The van der Waals surface area contributed by atoms with Gasteiger partial charge in [-0.2, -0.15) is 4.31 Å². The van der Waals surface area contributed by atoms with Gasteiger partial charge in [0.1, 0.15) is 4.90 Å². The van der Waals surface area contributed by atoms with Crippen molar-refractivity contribution in [2.45, 2.75) is 17.9 Å². The summed E-state index contributed by atoms with van der Waals surface area (Å²) in [5.74, 6) is 0. The Morgan fingerprint density at radius 3 is 2.50 bits per heavy atom. The predicted octanol–water partition coefficient (Wildman–Crippen LogP) is 1.98. The van der Waals surface area contributed by atoms with Crippen molar-refractivity contribution in [3.8, 4) is 0 Å². The first kappa shape index (κ1) is 14.1. The minimum Gasteiger partial charge on any atom is -0.312 e. The summed E-state index contributed by atoms with van der Waals surface area (Å²) in [5.41, 5.74) is 0. The number of nitrogens with one attached hydrogen (secondary N) is 1. The van der Waals surface area contributed by atoms with Crippen LogP contribution in [-0.2, 0) is 10.0 Å². The van der Waals surface area contributed by atoms with Gasteiger partial charge >= 0.3 is 0 Å². The Balaban J connectivity index is 2.42. The first-order valence-corrected chi connectivity index (χ1v) is 7.80. The molecule has 1 saturated heterocycles. The summed E-state index contributed by atoms with van der Waals surface area (Å²) in [5, 5.41) is 3.51. The molecule has 1 atom stereocenters. The molecular formula is C11H14Cl2N2O2S. The first-order valence-electron chi connectivity index (χ1n) is 5.60. The molecule has 0 aromatic heterocycles. The highest BCUT2D eigenvalue weighted by molar-refractivity contribution is 7.89. The van der Waals surface area contributed by atoms with Gasteiger partial charge in [-0.25, -0.2) is 8.42 Å². The summed E-state index contributed by atoms with van der Waals surface area (Å²) in [4.78, 5) is 0.00225. The number of halogens is 2. The van der Waals surface area contributed by atoms with E-state index in [1.165, 1.54) is 16.4 Å². The number of piperazine rings is 1. The number of sulfonamides is 1. The fourth-order valence-corrected chi connectivity index (χ4v) is 4.59. The molecule has 100 valence electrons. The van der Waals surface area contributed by atoms with E-state index in [4.69, 9.17) is 23.2 Å². The topological polar surface area (TPSA) is 49.4 Å². The van der Waals surface area contributed by atoms with Gasteiger partial charge in [0.15, 0.2) is 0 Å². The van der Waals surface area contributed by atoms with Crippen LogP contribution in [0.5, 0.6) is 0 Å². The van der Waals surface area contributed by atoms with Crippen molar-refractivity contribution < 1.29 is 8.42 Å². The Kier molecular flexibility index (Phi) is 4.18. The van der Waals surface area contributed by atoms with Gasteiger partial charge < -0.3 is 5.32 Å². The van der Waals surface area contributed by atoms with Gasteiger partial charge in [-0.3, -0.25) is 0 Å². The first-order chi connectivity index (χ1) is 8.43. The smallest absolute Gasteiger partial charge is 0.246 e. The van der Waals surface area contributed by atoms with E-state index in [0.29, 0.717) is 19.6 Å². The fraction of sp³-hybridized carbons (Fsp3) is 0.455. The maximum atomic E-state index is 12.5. The molecule has 0 bridgehead atoms. The Labute approximate surface area is 117 Å². The Morgan fingerprint density at radius 1 is 1.33 bits per heavy atom. The Hall–Kier alpha value is -0.330. The summed E-state index contributed by atoms with van der Waals surface area (Å²) in [6.45, 7) is 3.41. The molecule has 0 amide bonds. The normalized spacial score (nSPS) is 22.1. The van der Waals surface area contributed by atoms with Gasteiger partial charge in [0.2, 0.25) is 10.0 Å². The van der Waals surface area contributed by atoms with Crippen LogP contribution in [0.3, 0.4) is 0 Å². The van der Waals surface area contributed by atoms with Gasteiger partial charge in [0.05, 0.1) is 10.0 Å². The van der Waals surface area contributed by atoms with Crippen molar-refractivity contribution in [2.75, 3.05) is 19.6 Å². The number of rotatable bonds is 2. The molecule has 18 heavy (non-hydrogen) atoms. The number of hydrogen-bond donors (Lipinski definition) is 1. The molecule has 7 heteroatoms. The van der Waals surface area contributed by atoms with Gasteiger partial charge in [0.25, 0.3) is 0 Å². The van der Waals surface area contributed by atoms with E-state index in [0.717, 1.165) is 0 Å². The quantitative estimate of drug-likeness (QED) is 0.909. The van der Waals surface area contributed by atoms with Crippen molar-refractivity contribution in [1.82, 2.24) is 9.62 Å². The summed E-state index contributed by atoms with van der Waals surface area (Å²) in [6.07, 6.45) is 0. The molecule has 0 unspecified atom stereocenters. The van der Waals surface area contributed by atoms with E-state index in [9.17, 15) is 8.42 Å². The summed E-state index contributed by atoms with van der Waals surface area (Å²) in [6, 6.07) is 4.82. The van der Waals surface area contributed by atoms with Crippen molar-refractivity contribution in [1.29, 1.82) is 0 Å². The Morgan fingerprint density at radius 2 is 1.94 bits per heavy atom. The molecular weight excluding hydrogens is 295 g/mol. The predicted molar refractivity (Wildman–Crippen MR) is 72.7 cm³/mol. The third kappa shape index (κ3) is 2.65. The van der Waals surface area contributed by atoms with E-state index >= 15 is 0 Å². The zero-order valence-corrected chi connectivity index (χ0v) is 12.2. The zero-order valence-electron chi connectivity index (χ0n) is 9.86. The van der Waals surface area contributed by atoms with Crippen LogP contribution >= 0.6 is 23.2 Å². The van der Waals surface area contributed by atoms with Crippen LogP contribution < -0.4 is 5.32 Å². The monoisotopic (exact) mass is 308 g/mol. The maximum Gasteiger partial charge on any atom is 0.246 e. The average Bonchev–Trinajstić information content (AvgIpc) is 2.28. The summed E-state index contributed by atoms with van der Waals surface area (Å²) in [7, 11) is -3.63. The van der Waals surface area contributed by atoms with Crippen LogP contribution in [0.4, 0.5) is 0 Å². The maximum absolute atomic E-state index is 12.5. The van der Waals surface area contributed by atoms with E-state index in [2.05, 4.69) is 5.32 Å². The molecule has 1 aliphatic rings. The lowest BCUT2D eigenvalue weighted by Gasteiger charge is -2.31. The van der Waals surface area contributed by atoms with Gasteiger partial charge in [-0.1, -0.05) is 29.3 Å². The van der Waals surface area contributed by atoms with E-state index in [-0.39, 0.29) is 21.0 Å². The van der Waals surface area contributed by atoms with Crippen molar-refractivity contribution in [3.05, 3.63) is 28.2 Å². The third-order valence-electron chi connectivity index (χ3n) is 2.85. The minimum absolute atomic E-state index is 0.00225. The SMILES string of the molecule is C[C@@H]1CN(S(=O)(=O)c2c(Cl)cccc2Cl)CCN1. The Bertz CT molecular complexity index is 528. The molecule has 0 aliphatic carbocycles. The molecule has 1 aromatic rings. The molecule has 1 aliphatic heterocycles. The van der Waals surface area contributed by atoms with Crippen LogP contribution in [0.25, 0.3) is 0 Å². The highest BCUT2D eigenvalue weighted by atomic mass is 35.5. The van der Waals surface area contributed by atoms with Crippen LogP contribution in [0.1, 0.15) is 6.92 Å². The molecule has 2 rings (SSSR count). The molecule has 1 N–H and O–H groups in total. The molecule has 1 fully saturated rings. The largest absolute Gasteiger partial charge is 0.312 e. The second kappa shape index (κ2) is 5.35. The van der Waals surface area contributed by atoms with Gasteiger partial charge in [-0.15, -0.1) is 0 Å².